The molecule has 24 heavy (non-hydrogen) atoms. The van der Waals surface area contributed by atoms with E-state index in [1.165, 1.54) is 18.7 Å². The van der Waals surface area contributed by atoms with E-state index in [0.717, 1.165) is 17.5 Å². The molecule has 0 unspecified atom stereocenters. The Morgan fingerprint density at radius 2 is 1.88 bits per heavy atom. The molecule has 2 rings (SSSR count). The minimum absolute atomic E-state index is 0.193. The van der Waals surface area contributed by atoms with Crippen LogP contribution in [0.2, 0.25) is 0 Å². The van der Waals surface area contributed by atoms with Gasteiger partial charge in [-0.05, 0) is 31.5 Å². The van der Waals surface area contributed by atoms with Gasteiger partial charge in [-0.3, -0.25) is 18.7 Å². The Morgan fingerprint density at radius 3 is 2.54 bits per heavy atom. The third kappa shape index (κ3) is 3.38. The lowest BCUT2D eigenvalue weighted by Gasteiger charge is -2.11. The molecule has 0 aliphatic rings. The Balaban J connectivity index is 2.35. The molecule has 0 saturated heterocycles. The van der Waals surface area contributed by atoms with Crippen molar-refractivity contribution in [3.8, 4) is 0 Å². The zero-order chi connectivity index (χ0) is 17.9. The fourth-order valence-corrected chi connectivity index (χ4v) is 2.51. The number of rotatable bonds is 6. The van der Waals surface area contributed by atoms with Crippen LogP contribution in [-0.4, -0.2) is 39.7 Å². The molecule has 0 aliphatic heterocycles. The number of carbonyl (C=O) groups is 1. The molecule has 0 fully saturated rings. The Hall–Kier alpha value is -2.48. The summed E-state index contributed by atoms with van der Waals surface area (Å²) in [5.74, 6) is -0.327. The van der Waals surface area contributed by atoms with Gasteiger partial charge in [-0.15, -0.1) is 0 Å². The molecule has 0 radical (unpaired) electrons. The second-order valence-corrected chi connectivity index (χ2v) is 5.73. The second-order valence-electron chi connectivity index (χ2n) is 5.73. The van der Waals surface area contributed by atoms with Gasteiger partial charge in [0.25, 0.3) is 11.5 Å². The average molecular weight is 333 g/mol. The monoisotopic (exact) mass is 333 g/mol. The van der Waals surface area contributed by atoms with Crippen LogP contribution in [0.25, 0.3) is 11.0 Å². The number of nitrogens with zero attached hydrogens (tertiary/aromatic N) is 3. The summed E-state index contributed by atoms with van der Waals surface area (Å²) in [5.41, 5.74) is 0.149. The van der Waals surface area contributed by atoms with Crippen molar-refractivity contribution in [2.45, 2.75) is 20.3 Å². The highest BCUT2D eigenvalue weighted by Gasteiger charge is 2.16. The number of carbonyl (C=O) groups excluding carboxylic acids is 1. The second kappa shape index (κ2) is 7.39. The summed E-state index contributed by atoms with van der Waals surface area (Å²) in [6.07, 6.45) is 1.03. The van der Waals surface area contributed by atoms with Crippen molar-refractivity contribution in [1.29, 1.82) is 0 Å². The molecule has 8 nitrogen and oxygen atoms in total. The highest BCUT2D eigenvalue weighted by atomic mass is 16.2. The number of pyridine rings is 1. The molecule has 0 spiro atoms. The molecule has 0 aliphatic carbocycles. The zero-order valence-electron chi connectivity index (χ0n) is 14.5. The smallest absolute Gasteiger partial charge is 0.332 e. The number of aromatic nitrogens is 3. The molecular formula is C16H23N5O3. The van der Waals surface area contributed by atoms with Gasteiger partial charge < -0.3 is 10.6 Å². The van der Waals surface area contributed by atoms with E-state index in [0.29, 0.717) is 24.0 Å². The van der Waals surface area contributed by atoms with Gasteiger partial charge in [0.1, 0.15) is 11.3 Å². The summed E-state index contributed by atoms with van der Waals surface area (Å²) in [7, 11) is 2.96. The first kappa shape index (κ1) is 17.9. The van der Waals surface area contributed by atoms with Crippen molar-refractivity contribution in [3.05, 3.63) is 38.2 Å². The first-order chi connectivity index (χ1) is 11.4. The van der Waals surface area contributed by atoms with Crippen LogP contribution in [0.15, 0.2) is 15.7 Å². The van der Waals surface area contributed by atoms with Crippen molar-refractivity contribution < 1.29 is 4.79 Å². The van der Waals surface area contributed by atoms with Crippen LogP contribution in [0, 0.1) is 6.92 Å². The lowest BCUT2D eigenvalue weighted by Crippen LogP contribution is -2.38. The van der Waals surface area contributed by atoms with Crippen molar-refractivity contribution in [3.63, 3.8) is 0 Å². The van der Waals surface area contributed by atoms with Crippen molar-refractivity contribution in [2.75, 3.05) is 19.6 Å². The van der Waals surface area contributed by atoms with Crippen LogP contribution in [0.3, 0.4) is 0 Å². The molecule has 0 bridgehead atoms. The molecule has 2 N–H and O–H groups in total. The van der Waals surface area contributed by atoms with Gasteiger partial charge in [-0.25, -0.2) is 9.78 Å². The lowest BCUT2D eigenvalue weighted by molar-refractivity contribution is 0.0949. The van der Waals surface area contributed by atoms with Gasteiger partial charge in [0.05, 0.1) is 5.39 Å². The number of aryl methyl sites for hydroxylation is 2. The standard InChI is InChI=1S/C16H23N5O3/c1-5-6-17-7-8-18-14(22)11-9-10(2)12-13(19-11)20(3)16(24)21(4)15(12)23/h9,17H,5-8H2,1-4H3,(H,18,22). The van der Waals surface area contributed by atoms with Gasteiger partial charge in [0.2, 0.25) is 0 Å². The van der Waals surface area contributed by atoms with E-state index in [2.05, 4.69) is 22.5 Å². The highest BCUT2D eigenvalue weighted by molar-refractivity contribution is 5.95. The number of nitrogens with one attached hydrogen (secondary N) is 2. The van der Waals surface area contributed by atoms with Gasteiger partial charge in [-0.2, -0.15) is 0 Å². The third-order valence-electron chi connectivity index (χ3n) is 3.85. The normalized spacial score (nSPS) is 11.0. The lowest BCUT2D eigenvalue weighted by atomic mass is 10.1. The number of fused-ring (bicyclic) bond motifs is 1. The van der Waals surface area contributed by atoms with Gasteiger partial charge in [0, 0.05) is 27.2 Å². The molecule has 0 atom stereocenters. The quantitative estimate of drug-likeness (QED) is 0.706. The van der Waals surface area contributed by atoms with Gasteiger partial charge >= 0.3 is 5.69 Å². The Morgan fingerprint density at radius 1 is 1.17 bits per heavy atom. The zero-order valence-corrected chi connectivity index (χ0v) is 14.5. The third-order valence-corrected chi connectivity index (χ3v) is 3.85. The predicted octanol–water partition coefficient (Wildman–Crippen LogP) is -0.330. The number of amides is 1. The molecule has 130 valence electrons. The van der Waals surface area contributed by atoms with Gasteiger partial charge in [-0.1, -0.05) is 6.92 Å². The number of hydrogen-bond donors (Lipinski definition) is 2. The molecule has 2 heterocycles. The van der Waals surface area contributed by atoms with Crippen LogP contribution in [0.5, 0.6) is 0 Å². The maximum atomic E-state index is 12.3. The minimum Gasteiger partial charge on any atom is -0.349 e. The highest BCUT2D eigenvalue weighted by Crippen LogP contribution is 2.12. The first-order valence-electron chi connectivity index (χ1n) is 7.94. The summed E-state index contributed by atoms with van der Waals surface area (Å²) >= 11 is 0. The fourth-order valence-electron chi connectivity index (χ4n) is 2.51. The maximum absolute atomic E-state index is 12.3. The summed E-state index contributed by atoms with van der Waals surface area (Å²) in [4.78, 5) is 40.8. The molecule has 2 aromatic rings. The van der Waals surface area contributed by atoms with E-state index in [9.17, 15) is 14.4 Å². The summed E-state index contributed by atoms with van der Waals surface area (Å²) in [5, 5.41) is 6.31. The van der Waals surface area contributed by atoms with E-state index >= 15 is 0 Å². The summed E-state index contributed by atoms with van der Waals surface area (Å²) < 4.78 is 2.32. The van der Waals surface area contributed by atoms with Crippen LogP contribution in [-0.2, 0) is 14.1 Å². The van der Waals surface area contributed by atoms with Gasteiger partial charge in [0.15, 0.2) is 0 Å². The summed E-state index contributed by atoms with van der Waals surface area (Å²) in [6, 6.07) is 1.57. The van der Waals surface area contributed by atoms with Crippen molar-refractivity contribution in [1.82, 2.24) is 24.8 Å². The largest absolute Gasteiger partial charge is 0.349 e. The molecule has 1 amide bonds. The molecular weight excluding hydrogens is 310 g/mol. The molecule has 8 heteroatoms. The van der Waals surface area contributed by atoms with Crippen LogP contribution < -0.4 is 21.9 Å². The SMILES string of the molecule is CCCNCCNC(=O)c1cc(C)c2c(=O)n(C)c(=O)n(C)c2n1. The Kier molecular flexibility index (Phi) is 5.50. The topological polar surface area (TPSA) is 98.0 Å². The Bertz CT molecular complexity index is 882. The minimum atomic E-state index is -0.472. The number of hydrogen-bond acceptors (Lipinski definition) is 5. The van der Waals surface area contributed by atoms with Crippen LogP contribution in [0.1, 0.15) is 29.4 Å². The fraction of sp³-hybridized carbons (Fsp3) is 0.500. The van der Waals surface area contributed by atoms with Crippen molar-refractivity contribution in [2.24, 2.45) is 14.1 Å². The first-order valence-corrected chi connectivity index (χ1v) is 7.94. The van der Waals surface area contributed by atoms with E-state index in [-0.39, 0.29) is 17.2 Å². The Labute approximate surface area is 139 Å². The van der Waals surface area contributed by atoms with Crippen LogP contribution in [0.4, 0.5) is 0 Å². The summed E-state index contributed by atoms with van der Waals surface area (Å²) in [6.45, 7) is 5.85. The molecule has 0 saturated carbocycles. The van der Waals surface area contributed by atoms with E-state index < -0.39 is 11.2 Å². The average Bonchev–Trinajstić information content (AvgIpc) is 2.57. The van der Waals surface area contributed by atoms with E-state index in [1.807, 2.05) is 0 Å². The van der Waals surface area contributed by atoms with Crippen LogP contribution >= 0.6 is 0 Å². The van der Waals surface area contributed by atoms with E-state index in [1.54, 1.807) is 13.0 Å². The van der Waals surface area contributed by atoms with E-state index in [4.69, 9.17) is 0 Å². The molecule has 2 aromatic heterocycles. The maximum Gasteiger partial charge on any atom is 0.332 e. The van der Waals surface area contributed by atoms with Crippen molar-refractivity contribution >= 4 is 16.9 Å². The molecule has 0 aromatic carbocycles. The predicted molar refractivity (Wildman–Crippen MR) is 92.5 cm³/mol.